The van der Waals surface area contributed by atoms with E-state index in [0.717, 1.165) is 38.5 Å². The minimum atomic E-state index is 0.0507. The Hall–Kier alpha value is -1.95. The lowest BCUT2D eigenvalue weighted by Gasteiger charge is -2.29. The van der Waals surface area contributed by atoms with Gasteiger partial charge in [-0.3, -0.25) is 4.79 Å². The molecule has 0 spiro atoms. The lowest BCUT2D eigenvalue weighted by Crippen LogP contribution is -2.37. The Labute approximate surface area is 167 Å². The number of benzene rings is 1. The lowest BCUT2D eigenvalue weighted by atomic mass is 9.89. The van der Waals surface area contributed by atoms with E-state index in [-0.39, 0.29) is 5.91 Å². The highest BCUT2D eigenvalue weighted by molar-refractivity contribution is 5.95. The summed E-state index contributed by atoms with van der Waals surface area (Å²) >= 11 is 0. The lowest BCUT2D eigenvalue weighted by molar-refractivity contribution is 0.0758. The van der Waals surface area contributed by atoms with Crippen LogP contribution in [0.25, 0.3) is 0 Å². The van der Waals surface area contributed by atoms with Crippen molar-refractivity contribution in [2.24, 2.45) is 5.92 Å². The van der Waals surface area contributed by atoms with Gasteiger partial charge in [0.2, 0.25) is 5.75 Å². The predicted octanol–water partition coefficient (Wildman–Crippen LogP) is 3.19. The maximum atomic E-state index is 13.2. The molecule has 1 aromatic rings. The Kier molecular flexibility index (Phi) is 6.25. The van der Waals surface area contributed by atoms with Crippen molar-refractivity contribution >= 4 is 5.91 Å². The van der Waals surface area contributed by atoms with Crippen LogP contribution in [-0.4, -0.2) is 68.8 Å². The highest BCUT2D eigenvalue weighted by Crippen LogP contribution is 2.40. The van der Waals surface area contributed by atoms with Gasteiger partial charge < -0.3 is 24.0 Å². The predicted molar refractivity (Wildman–Crippen MR) is 108 cm³/mol. The minimum Gasteiger partial charge on any atom is -0.493 e. The molecule has 2 fully saturated rings. The molecule has 0 bridgehead atoms. The molecule has 1 saturated carbocycles. The summed E-state index contributed by atoms with van der Waals surface area (Å²) in [5, 5.41) is 0. The summed E-state index contributed by atoms with van der Waals surface area (Å²) in [7, 11) is 1.59. The van der Waals surface area contributed by atoms with E-state index in [4.69, 9.17) is 14.2 Å². The molecule has 0 aromatic heterocycles. The second-order valence-electron chi connectivity index (χ2n) is 8.15. The highest BCUT2D eigenvalue weighted by Gasteiger charge is 2.26. The van der Waals surface area contributed by atoms with Crippen LogP contribution >= 0.6 is 0 Å². The quantitative estimate of drug-likeness (QED) is 0.793. The molecule has 0 atom stereocenters. The van der Waals surface area contributed by atoms with Crippen LogP contribution in [0.5, 0.6) is 17.2 Å². The van der Waals surface area contributed by atoms with E-state index in [1.54, 1.807) is 19.2 Å². The number of hydrogen-bond donors (Lipinski definition) is 0. The second-order valence-corrected chi connectivity index (χ2v) is 8.15. The van der Waals surface area contributed by atoms with Gasteiger partial charge in [0.1, 0.15) is 13.2 Å². The van der Waals surface area contributed by atoms with Crippen LogP contribution in [0.3, 0.4) is 0 Å². The topological polar surface area (TPSA) is 51.2 Å². The van der Waals surface area contributed by atoms with Gasteiger partial charge >= 0.3 is 0 Å². The molecule has 1 aliphatic carbocycles. The first-order valence-corrected chi connectivity index (χ1v) is 10.7. The molecule has 4 rings (SSSR count). The van der Waals surface area contributed by atoms with Crippen molar-refractivity contribution in [3.05, 3.63) is 17.7 Å². The fraction of sp³-hybridized carbons (Fsp3) is 0.682. The molecule has 2 aliphatic heterocycles. The summed E-state index contributed by atoms with van der Waals surface area (Å²) in [6.07, 6.45) is 7.94. The molecule has 0 radical (unpaired) electrons. The number of carbonyl (C=O) groups excluding carboxylic acids is 1. The molecule has 1 saturated heterocycles. The molecule has 3 aliphatic rings. The largest absolute Gasteiger partial charge is 0.493 e. The zero-order valence-corrected chi connectivity index (χ0v) is 17.0. The monoisotopic (exact) mass is 388 g/mol. The molecule has 0 N–H and O–H groups in total. The first-order valence-electron chi connectivity index (χ1n) is 10.7. The molecule has 6 heteroatoms. The first kappa shape index (κ1) is 19.4. The van der Waals surface area contributed by atoms with Gasteiger partial charge in [0.25, 0.3) is 5.91 Å². The van der Waals surface area contributed by atoms with E-state index in [0.29, 0.717) is 36.0 Å². The molecule has 2 heterocycles. The van der Waals surface area contributed by atoms with E-state index >= 15 is 0 Å². The Morgan fingerprint density at radius 2 is 1.86 bits per heavy atom. The summed E-state index contributed by atoms with van der Waals surface area (Å²) in [6.45, 7) is 5.82. The van der Waals surface area contributed by atoms with Crippen LogP contribution in [0, 0.1) is 5.92 Å². The number of carbonyl (C=O) groups is 1. The normalized spacial score (nSPS) is 21.2. The number of hydrogen-bond acceptors (Lipinski definition) is 5. The van der Waals surface area contributed by atoms with Gasteiger partial charge in [0.05, 0.1) is 7.11 Å². The van der Waals surface area contributed by atoms with Crippen molar-refractivity contribution in [3.63, 3.8) is 0 Å². The maximum absolute atomic E-state index is 13.2. The van der Waals surface area contributed by atoms with Crippen molar-refractivity contribution in [1.29, 1.82) is 0 Å². The van der Waals surface area contributed by atoms with E-state index in [1.165, 1.54) is 38.6 Å². The average molecular weight is 389 g/mol. The van der Waals surface area contributed by atoms with Crippen LogP contribution < -0.4 is 14.2 Å². The molecule has 0 unspecified atom stereocenters. The molecule has 6 nitrogen and oxygen atoms in total. The Morgan fingerprint density at radius 3 is 2.68 bits per heavy atom. The van der Waals surface area contributed by atoms with Crippen LogP contribution in [0.1, 0.15) is 48.9 Å². The number of fused-ring (bicyclic) bond motifs is 1. The Morgan fingerprint density at radius 1 is 1.04 bits per heavy atom. The third-order valence-corrected chi connectivity index (χ3v) is 6.19. The first-order chi connectivity index (χ1) is 13.7. The van der Waals surface area contributed by atoms with E-state index < -0.39 is 0 Å². The van der Waals surface area contributed by atoms with Gasteiger partial charge in [-0.15, -0.1) is 0 Å². The molecule has 1 amide bonds. The number of ether oxygens (including phenoxy) is 3. The summed E-state index contributed by atoms with van der Waals surface area (Å²) in [5.41, 5.74) is 0.613. The second kappa shape index (κ2) is 9.03. The zero-order valence-electron chi connectivity index (χ0n) is 17.0. The van der Waals surface area contributed by atoms with Crippen LogP contribution in [-0.2, 0) is 0 Å². The van der Waals surface area contributed by atoms with Crippen molar-refractivity contribution < 1.29 is 19.0 Å². The zero-order chi connectivity index (χ0) is 19.3. The number of methoxy groups -OCH3 is 1. The van der Waals surface area contributed by atoms with Gasteiger partial charge in [-0.1, -0.05) is 19.3 Å². The molecule has 1 aromatic carbocycles. The molecule has 154 valence electrons. The fourth-order valence-electron chi connectivity index (χ4n) is 4.67. The van der Waals surface area contributed by atoms with Gasteiger partial charge in [-0.25, -0.2) is 0 Å². The van der Waals surface area contributed by atoms with Crippen LogP contribution in [0.4, 0.5) is 0 Å². The molecular formula is C22H32N2O4. The summed E-state index contributed by atoms with van der Waals surface area (Å²) in [5.74, 6) is 2.66. The average Bonchev–Trinajstić information content (AvgIpc) is 2.98. The van der Waals surface area contributed by atoms with Gasteiger partial charge in [-0.05, 0) is 43.9 Å². The Balaban J connectivity index is 1.41. The Bertz CT molecular complexity index is 670. The molecular weight excluding hydrogens is 356 g/mol. The third-order valence-electron chi connectivity index (χ3n) is 6.19. The van der Waals surface area contributed by atoms with Crippen LogP contribution in [0.2, 0.25) is 0 Å². The summed E-state index contributed by atoms with van der Waals surface area (Å²) in [4.78, 5) is 17.7. The summed E-state index contributed by atoms with van der Waals surface area (Å²) in [6, 6.07) is 3.57. The number of rotatable bonds is 4. The van der Waals surface area contributed by atoms with E-state index in [9.17, 15) is 4.79 Å². The fourth-order valence-corrected chi connectivity index (χ4v) is 4.67. The van der Waals surface area contributed by atoms with Crippen LogP contribution in [0.15, 0.2) is 12.1 Å². The van der Waals surface area contributed by atoms with Crippen molar-refractivity contribution in [1.82, 2.24) is 9.80 Å². The van der Waals surface area contributed by atoms with Gasteiger partial charge in [0, 0.05) is 31.7 Å². The molecule has 28 heavy (non-hydrogen) atoms. The SMILES string of the molecule is COc1cc(C(=O)N2CCCN(CC3CCCCC3)CC2)cc2c1OCCO2. The van der Waals surface area contributed by atoms with Gasteiger partial charge in [0.15, 0.2) is 11.5 Å². The number of nitrogens with zero attached hydrogens (tertiary/aromatic N) is 2. The van der Waals surface area contributed by atoms with Gasteiger partial charge in [-0.2, -0.15) is 0 Å². The van der Waals surface area contributed by atoms with Crippen molar-refractivity contribution in [2.75, 3.05) is 53.0 Å². The van der Waals surface area contributed by atoms with Crippen molar-refractivity contribution in [3.8, 4) is 17.2 Å². The standard InChI is InChI=1S/C22H32N2O4/c1-26-19-14-18(15-20-21(19)28-13-12-27-20)22(25)24-9-5-8-23(10-11-24)16-17-6-3-2-4-7-17/h14-15,17H,2-13,16H2,1H3. The van der Waals surface area contributed by atoms with E-state index in [1.807, 2.05) is 4.90 Å². The maximum Gasteiger partial charge on any atom is 0.254 e. The highest BCUT2D eigenvalue weighted by atomic mass is 16.6. The smallest absolute Gasteiger partial charge is 0.254 e. The summed E-state index contributed by atoms with van der Waals surface area (Å²) < 4.78 is 16.8. The van der Waals surface area contributed by atoms with E-state index in [2.05, 4.69) is 4.90 Å². The van der Waals surface area contributed by atoms with Crippen molar-refractivity contribution in [2.45, 2.75) is 38.5 Å². The minimum absolute atomic E-state index is 0.0507. The third kappa shape index (κ3) is 4.37. The number of amides is 1.